The van der Waals surface area contributed by atoms with Gasteiger partial charge in [-0.1, -0.05) is 0 Å². The van der Waals surface area contributed by atoms with E-state index in [1.165, 1.54) is 0 Å². The van der Waals surface area contributed by atoms with Crippen LogP contribution in [0.25, 0.3) is 0 Å². The smallest absolute Gasteiger partial charge is 0.0208 e. The van der Waals surface area contributed by atoms with E-state index in [1.54, 1.807) is 0 Å². The molecular weight excluding hydrogens is 120 g/mol. The van der Waals surface area contributed by atoms with Gasteiger partial charge < -0.3 is 10.4 Å². The van der Waals surface area contributed by atoms with Gasteiger partial charge in [-0.3, -0.25) is 0 Å². The van der Waals surface area contributed by atoms with Crippen molar-refractivity contribution in [2.75, 3.05) is 0 Å². The largest absolute Gasteiger partial charge is 0.545 e. The Hall–Kier alpha value is -0.320. The lowest BCUT2D eigenvalue weighted by Crippen LogP contribution is -3.56. The number of nitrogens with one attached hydrogen (secondary N) is 4. The number of hydrazine groups is 1. The molecule has 8 heteroatoms. The molecule has 0 amide bonds. The van der Waals surface area contributed by atoms with Crippen molar-refractivity contribution in [1.29, 1.82) is 0 Å². The van der Waals surface area contributed by atoms with E-state index in [0.29, 0.717) is 0 Å². The first-order valence-corrected chi connectivity index (χ1v) is 1.72. The highest BCUT2D eigenvalue weighted by atomic mass is 17.2. The molecule has 4 N–H and O–H groups in total. The van der Waals surface area contributed by atoms with E-state index in [2.05, 4.69) is 9.88 Å². The normalized spacial score (nSPS) is 39.8. The molecule has 48 valence electrons. The van der Waals surface area contributed by atoms with E-state index in [0.717, 1.165) is 0 Å². The molecule has 1 rings (SSSR count). The Kier molecular flexibility index (Phi) is 1.67. The van der Waals surface area contributed by atoms with Crippen LogP contribution in [-0.2, 0) is 9.88 Å². The quantitative estimate of drug-likeness (QED) is 0.243. The summed E-state index contributed by atoms with van der Waals surface area (Å²) in [6.45, 7) is 0. The zero-order valence-corrected chi connectivity index (χ0v) is 3.63. The summed E-state index contributed by atoms with van der Waals surface area (Å²) in [5, 5.41) is 17.9. The van der Waals surface area contributed by atoms with Gasteiger partial charge in [0.05, 0.1) is 0 Å². The van der Waals surface area contributed by atoms with Crippen LogP contribution < -0.4 is 21.8 Å². The average Bonchev–Trinajstić information content (AvgIpc) is 1.77. The second-order valence-corrected chi connectivity index (χ2v) is 0.983. The van der Waals surface area contributed by atoms with Crippen LogP contribution in [0.2, 0.25) is 0 Å². The molecule has 1 saturated heterocycles. The summed E-state index contributed by atoms with van der Waals surface area (Å²) in [6, 6.07) is 0. The number of hydrogen-bond acceptors (Lipinski definition) is 6. The average molecular weight is 124 g/mol. The first-order valence-electron chi connectivity index (χ1n) is 1.72. The standard InChI is InChI=1S/H4N4O4/c5-3-4(6)8-2-1-7-3/h1-4H. The van der Waals surface area contributed by atoms with Crippen LogP contribution in [0.4, 0.5) is 0 Å². The van der Waals surface area contributed by atoms with Crippen LogP contribution in [0.1, 0.15) is 0 Å². The number of rotatable bonds is 0. The summed E-state index contributed by atoms with van der Waals surface area (Å²) in [4.78, 5) is 7.83. The van der Waals surface area contributed by atoms with Crippen LogP contribution in [0.5, 0.6) is 0 Å². The predicted molar refractivity (Wildman–Crippen MR) is 17.1 cm³/mol. The Labute approximate surface area is 43.5 Å². The van der Waals surface area contributed by atoms with Crippen LogP contribution in [0.3, 0.4) is 0 Å². The summed E-state index contributed by atoms with van der Waals surface area (Å²) >= 11 is 0. The fraction of sp³-hybridized carbons (Fsp3) is 0. The molecular formula is H4N4O4. The maximum atomic E-state index is 9.99. The summed E-state index contributed by atoms with van der Waals surface area (Å²) in [5.74, 6) is 0. The molecule has 0 radical (unpaired) electrons. The Morgan fingerprint density at radius 3 is 1.62 bits per heavy atom. The molecule has 1 fully saturated rings. The van der Waals surface area contributed by atoms with Gasteiger partial charge in [-0.15, -0.1) is 0 Å². The number of hydrogen-bond donors (Lipinski definition) is 4. The van der Waals surface area contributed by atoms with E-state index >= 15 is 0 Å². The second-order valence-electron chi connectivity index (χ2n) is 0.983. The highest BCUT2D eigenvalue weighted by Crippen LogP contribution is 1.43. The van der Waals surface area contributed by atoms with Gasteiger partial charge in [-0.25, -0.2) is 0 Å². The first-order chi connectivity index (χ1) is 3.80. The molecule has 0 aliphatic carbocycles. The topological polar surface area (TPSA) is 97.5 Å². The van der Waals surface area contributed by atoms with E-state index in [4.69, 9.17) is 0 Å². The van der Waals surface area contributed by atoms with Gasteiger partial charge in [0.15, 0.2) is 0 Å². The van der Waals surface area contributed by atoms with Crippen molar-refractivity contribution in [3.8, 4) is 0 Å². The number of quaternary nitrogens is 2. The van der Waals surface area contributed by atoms with E-state index < -0.39 is 10.7 Å². The third-order valence-electron chi connectivity index (χ3n) is 0.496. The Bertz CT molecular complexity index is 64.4. The molecule has 8 heavy (non-hydrogen) atoms. The monoisotopic (exact) mass is 124 g/mol. The van der Waals surface area contributed by atoms with Gasteiger partial charge in [0.25, 0.3) is 0 Å². The molecule has 1 heterocycles. The van der Waals surface area contributed by atoms with Gasteiger partial charge in [0.1, 0.15) is 0 Å². The van der Waals surface area contributed by atoms with Crippen molar-refractivity contribution in [3.63, 3.8) is 0 Å². The molecule has 0 aromatic heterocycles. The summed E-state index contributed by atoms with van der Waals surface area (Å²) in [5.41, 5.74) is 3.64. The molecule has 2 atom stereocenters. The van der Waals surface area contributed by atoms with Gasteiger partial charge in [0.2, 0.25) is 0 Å². The molecule has 8 nitrogen and oxygen atoms in total. The Morgan fingerprint density at radius 1 is 1.00 bits per heavy atom. The van der Waals surface area contributed by atoms with Gasteiger partial charge in [0, 0.05) is 0 Å². The zero-order chi connectivity index (χ0) is 5.98. The fourth-order valence-corrected chi connectivity index (χ4v) is 0.218. The highest BCUT2D eigenvalue weighted by molar-refractivity contribution is 3.85. The summed E-state index contributed by atoms with van der Waals surface area (Å²) < 4.78 is 0. The minimum atomic E-state index is -1.07. The maximum absolute atomic E-state index is 9.99. The molecule has 0 bridgehead atoms. The second kappa shape index (κ2) is 2.30. The minimum absolute atomic E-state index is 1.07. The third kappa shape index (κ3) is 1.09. The third-order valence-corrected chi connectivity index (χ3v) is 0.496. The lowest BCUT2D eigenvalue weighted by atomic mass is 12.3. The molecule has 1 aliphatic rings. The lowest BCUT2D eigenvalue weighted by Gasteiger charge is -2.29. The first kappa shape index (κ1) is 5.81. The fourth-order valence-electron chi connectivity index (χ4n) is 0.218. The minimum Gasteiger partial charge on any atom is -0.545 e. The molecule has 0 aromatic rings. The van der Waals surface area contributed by atoms with Crippen LogP contribution in [0.15, 0.2) is 0 Å². The molecule has 1 aliphatic heterocycles. The maximum Gasteiger partial charge on any atom is -0.0208 e. The SMILES string of the molecule is [O-][NH+]1ONNO[NH+]1[O-]. The zero-order valence-electron chi connectivity index (χ0n) is 3.63. The summed E-state index contributed by atoms with van der Waals surface area (Å²) in [7, 11) is 0. The Balaban J connectivity index is 2.28. The molecule has 0 aromatic carbocycles. The van der Waals surface area contributed by atoms with Crippen LogP contribution in [0, 0.1) is 10.4 Å². The van der Waals surface area contributed by atoms with E-state index in [1.807, 2.05) is 11.2 Å². The van der Waals surface area contributed by atoms with Gasteiger partial charge in [-0.2, -0.15) is 0 Å². The van der Waals surface area contributed by atoms with Gasteiger partial charge >= 0.3 is 0 Å². The van der Waals surface area contributed by atoms with Crippen molar-refractivity contribution in [2.24, 2.45) is 0 Å². The van der Waals surface area contributed by atoms with Crippen molar-refractivity contribution in [2.45, 2.75) is 0 Å². The van der Waals surface area contributed by atoms with Crippen molar-refractivity contribution in [3.05, 3.63) is 10.4 Å². The van der Waals surface area contributed by atoms with Crippen LogP contribution >= 0.6 is 0 Å². The van der Waals surface area contributed by atoms with Crippen molar-refractivity contribution >= 4 is 0 Å². The highest BCUT2D eigenvalue weighted by Gasteiger charge is 2.13. The van der Waals surface area contributed by atoms with Crippen molar-refractivity contribution in [1.82, 2.24) is 11.2 Å². The van der Waals surface area contributed by atoms with Crippen molar-refractivity contribution < 1.29 is 20.5 Å². The molecule has 0 saturated carbocycles. The van der Waals surface area contributed by atoms with E-state index in [-0.39, 0.29) is 0 Å². The molecule has 0 spiro atoms. The summed E-state index contributed by atoms with van der Waals surface area (Å²) in [6.07, 6.45) is 0. The lowest BCUT2D eigenvalue weighted by molar-refractivity contribution is -1.62. The predicted octanol–water partition coefficient (Wildman–Crippen LogP) is -4.53. The Morgan fingerprint density at radius 2 is 1.38 bits per heavy atom. The van der Waals surface area contributed by atoms with Gasteiger partial charge in [-0.05, 0) is 31.7 Å². The van der Waals surface area contributed by atoms with Crippen LogP contribution in [-0.4, -0.2) is 0 Å². The van der Waals surface area contributed by atoms with E-state index in [9.17, 15) is 10.4 Å². The molecule has 2 unspecified atom stereocenters.